The Labute approximate surface area is 208 Å². The molecule has 0 bridgehead atoms. The third kappa shape index (κ3) is 6.38. The Morgan fingerprint density at radius 3 is 2.14 bits per heavy atom. The number of pyridine rings is 1. The molecule has 2 aromatic carbocycles. The molecule has 6 nitrogen and oxygen atoms in total. The molecule has 6 heteroatoms. The Hall–Kier alpha value is -3.41. The van der Waals surface area contributed by atoms with E-state index in [1.54, 1.807) is 0 Å². The van der Waals surface area contributed by atoms with E-state index < -0.39 is 0 Å². The predicted molar refractivity (Wildman–Crippen MR) is 144 cm³/mol. The molecule has 3 aromatic rings. The standard InChI is InChI=1S/C29H36N4O2/c1-5-22-6-8-23(9-7-22)30-28(34)12-13-29(35)31-24-10-11-26-25(16-24)21(4)15-27(32-26)33-17-19(2)14-20(3)18-33/h6-11,15-16,19-20H,5,12-14,17-18H2,1-4H3,(H,30,34)(H,31,35)/t19-,20-/m0/s1. The SMILES string of the molecule is CCc1ccc(NC(=O)CCC(=O)Nc2ccc3nc(N4C[C@@H](C)C[C@H](C)C4)cc(C)c3c2)cc1. The molecule has 2 amide bonds. The van der Waals surface area contributed by atoms with Crippen LogP contribution in [0, 0.1) is 18.8 Å². The van der Waals surface area contributed by atoms with Crippen LogP contribution in [0.5, 0.6) is 0 Å². The summed E-state index contributed by atoms with van der Waals surface area (Å²) < 4.78 is 0. The maximum atomic E-state index is 12.5. The van der Waals surface area contributed by atoms with Crippen LogP contribution < -0.4 is 15.5 Å². The van der Waals surface area contributed by atoms with Gasteiger partial charge in [0.1, 0.15) is 5.82 Å². The van der Waals surface area contributed by atoms with Gasteiger partial charge in [-0.3, -0.25) is 9.59 Å². The van der Waals surface area contributed by atoms with E-state index in [0.29, 0.717) is 11.8 Å². The zero-order valence-electron chi connectivity index (χ0n) is 21.2. The fraction of sp³-hybridized carbons (Fsp3) is 0.414. The molecule has 0 saturated carbocycles. The third-order valence-corrected chi connectivity index (χ3v) is 6.70. The number of fused-ring (bicyclic) bond motifs is 1. The first-order valence-electron chi connectivity index (χ1n) is 12.7. The summed E-state index contributed by atoms with van der Waals surface area (Å²) in [5.41, 5.74) is 4.75. The number of piperidine rings is 1. The molecule has 0 unspecified atom stereocenters. The van der Waals surface area contributed by atoms with Gasteiger partial charge in [0.05, 0.1) is 5.52 Å². The number of carbonyl (C=O) groups excluding carboxylic acids is 2. The van der Waals surface area contributed by atoms with Crippen LogP contribution in [0.3, 0.4) is 0 Å². The molecule has 0 radical (unpaired) electrons. The van der Waals surface area contributed by atoms with Crippen LogP contribution >= 0.6 is 0 Å². The van der Waals surface area contributed by atoms with Gasteiger partial charge in [0.25, 0.3) is 0 Å². The van der Waals surface area contributed by atoms with E-state index in [1.165, 1.54) is 12.0 Å². The number of carbonyl (C=O) groups is 2. The lowest BCUT2D eigenvalue weighted by Crippen LogP contribution is -2.39. The maximum Gasteiger partial charge on any atom is 0.224 e. The maximum absolute atomic E-state index is 12.5. The highest BCUT2D eigenvalue weighted by atomic mass is 16.2. The molecule has 4 rings (SSSR count). The molecule has 2 N–H and O–H groups in total. The van der Waals surface area contributed by atoms with Crippen LogP contribution in [-0.2, 0) is 16.0 Å². The number of hydrogen-bond acceptors (Lipinski definition) is 4. The summed E-state index contributed by atoms with van der Waals surface area (Å²) in [6, 6.07) is 15.7. The molecule has 2 heterocycles. The van der Waals surface area contributed by atoms with E-state index >= 15 is 0 Å². The summed E-state index contributed by atoms with van der Waals surface area (Å²) in [6.45, 7) is 10.9. The van der Waals surface area contributed by atoms with E-state index in [9.17, 15) is 9.59 Å². The minimum absolute atomic E-state index is 0.123. The Morgan fingerprint density at radius 2 is 1.51 bits per heavy atom. The first kappa shape index (κ1) is 24.7. The second-order valence-corrected chi connectivity index (χ2v) is 10.0. The lowest BCUT2D eigenvalue weighted by Gasteiger charge is -2.36. The van der Waals surface area contributed by atoms with Gasteiger partial charge in [-0.2, -0.15) is 0 Å². The first-order chi connectivity index (χ1) is 16.8. The minimum Gasteiger partial charge on any atom is -0.356 e. The van der Waals surface area contributed by atoms with Gasteiger partial charge in [-0.05, 0) is 79.1 Å². The van der Waals surface area contributed by atoms with Crippen molar-refractivity contribution >= 4 is 39.9 Å². The van der Waals surface area contributed by atoms with Crippen molar-refractivity contribution in [2.75, 3.05) is 28.6 Å². The highest BCUT2D eigenvalue weighted by Gasteiger charge is 2.23. The van der Waals surface area contributed by atoms with Crippen molar-refractivity contribution in [2.24, 2.45) is 11.8 Å². The van der Waals surface area contributed by atoms with Gasteiger partial charge in [-0.25, -0.2) is 4.98 Å². The number of nitrogens with zero attached hydrogens (tertiary/aromatic N) is 2. The topological polar surface area (TPSA) is 74.3 Å². The van der Waals surface area contributed by atoms with Crippen molar-refractivity contribution in [3.63, 3.8) is 0 Å². The van der Waals surface area contributed by atoms with Crippen molar-refractivity contribution in [3.8, 4) is 0 Å². The van der Waals surface area contributed by atoms with Gasteiger partial charge in [-0.15, -0.1) is 0 Å². The number of hydrogen-bond donors (Lipinski definition) is 2. The number of aryl methyl sites for hydroxylation is 2. The average molecular weight is 473 g/mol. The van der Waals surface area contributed by atoms with Crippen molar-refractivity contribution < 1.29 is 9.59 Å². The molecule has 2 atom stereocenters. The highest BCUT2D eigenvalue weighted by molar-refractivity contribution is 5.98. The monoisotopic (exact) mass is 472 g/mol. The number of benzene rings is 2. The Kier molecular flexibility index (Phi) is 7.69. The van der Waals surface area contributed by atoms with Crippen molar-refractivity contribution in [1.29, 1.82) is 0 Å². The van der Waals surface area contributed by atoms with E-state index in [4.69, 9.17) is 4.98 Å². The molecule has 1 fully saturated rings. The second-order valence-electron chi connectivity index (χ2n) is 10.0. The van der Waals surface area contributed by atoms with E-state index in [1.807, 2.05) is 42.5 Å². The fourth-order valence-corrected chi connectivity index (χ4v) is 4.96. The van der Waals surface area contributed by atoms with Crippen LogP contribution in [0.2, 0.25) is 0 Å². The fourth-order valence-electron chi connectivity index (χ4n) is 4.96. The molecule has 0 spiro atoms. The molecule has 1 aliphatic rings. The molecular weight excluding hydrogens is 436 g/mol. The number of nitrogens with one attached hydrogen (secondary N) is 2. The largest absolute Gasteiger partial charge is 0.356 e. The minimum atomic E-state index is -0.181. The van der Waals surface area contributed by atoms with Gasteiger partial charge in [0.15, 0.2) is 0 Å². The second kappa shape index (κ2) is 10.9. The summed E-state index contributed by atoms with van der Waals surface area (Å²) in [5, 5.41) is 6.80. The number of anilines is 3. The first-order valence-corrected chi connectivity index (χ1v) is 12.7. The number of aromatic nitrogens is 1. The Morgan fingerprint density at radius 1 is 0.914 bits per heavy atom. The van der Waals surface area contributed by atoms with Gasteiger partial charge in [-0.1, -0.05) is 32.9 Å². The zero-order valence-corrected chi connectivity index (χ0v) is 21.2. The van der Waals surface area contributed by atoms with E-state index in [-0.39, 0.29) is 24.7 Å². The van der Waals surface area contributed by atoms with Crippen LogP contribution in [0.25, 0.3) is 10.9 Å². The number of rotatable bonds is 7. The molecule has 1 saturated heterocycles. The normalized spacial score (nSPS) is 17.9. The summed E-state index contributed by atoms with van der Waals surface area (Å²) in [7, 11) is 0. The molecule has 35 heavy (non-hydrogen) atoms. The molecule has 184 valence electrons. The molecule has 1 aliphatic heterocycles. The van der Waals surface area contributed by atoms with Crippen molar-refractivity contribution in [3.05, 3.63) is 59.7 Å². The molecule has 1 aromatic heterocycles. The van der Waals surface area contributed by atoms with Gasteiger partial charge in [0.2, 0.25) is 11.8 Å². The van der Waals surface area contributed by atoms with Crippen molar-refractivity contribution in [1.82, 2.24) is 4.98 Å². The molecule has 0 aliphatic carbocycles. The average Bonchev–Trinajstić information content (AvgIpc) is 2.83. The highest BCUT2D eigenvalue weighted by Crippen LogP contribution is 2.29. The van der Waals surface area contributed by atoms with Gasteiger partial charge in [0, 0.05) is 42.7 Å². The van der Waals surface area contributed by atoms with Gasteiger partial charge < -0.3 is 15.5 Å². The summed E-state index contributed by atoms with van der Waals surface area (Å²) in [4.78, 5) is 32.0. The smallest absolute Gasteiger partial charge is 0.224 e. The van der Waals surface area contributed by atoms with Crippen LogP contribution in [0.4, 0.5) is 17.2 Å². The van der Waals surface area contributed by atoms with Crippen LogP contribution in [-0.4, -0.2) is 29.9 Å². The lowest BCUT2D eigenvalue weighted by molar-refractivity contribution is -0.121. The van der Waals surface area contributed by atoms with Crippen LogP contribution in [0.15, 0.2) is 48.5 Å². The third-order valence-electron chi connectivity index (χ3n) is 6.70. The number of amides is 2. The van der Waals surface area contributed by atoms with E-state index in [0.717, 1.165) is 53.2 Å². The summed E-state index contributed by atoms with van der Waals surface area (Å²) in [5.74, 6) is 2.01. The van der Waals surface area contributed by atoms with Gasteiger partial charge >= 0.3 is 0 Å². The van der Waals surface area contributed by atoms with Crippen molar-refractivity contribution in [2.45, 2.75) is 53.4 Å². The van der Waals surface area contributed by atoms with Crippen LogP contribution in [0.1, 0.15) is 51.2 Å². The Balaban J connectivity index is 1.35. The quantitative estimate of drug-likeness (QED) is 0.446. The summed E-state index contributed by atoms with van der Waals surface area (Å²) in [6.07, 6.45) is 2.47. The summed E-state index contributed by atoms with van der Waals surface area (Å²) >= 11 is 0. The molecular formula is C29H36N4O2. The lowest BCUT2D eigenvalue weighted by atomic mass is 9.92. The predicted octanol–water partition coefficient (Wildman–Crippen LogP) is 5.95. The Bertz CT molecular complexity index is 1200. The van der Waals surface area contributed by atoms with E-state index in [2.05, 4.69) is 49.3 Å². The zero-order chi connectivity index (χ0) is 24.9.